The van der Waals surface area contributed by atoms with Gasteiger partial charge in [-0.25, -0.2) is 4.79 Å². The first-order valence-electron chi connectivity index (χ1n) is 4.69. The Labute approximate surface area is 111 Å². The van der Waals surface area contributed by atoms with Crippen LogP contribution < -0.4 is 5.32 Å². The molecule has 1 atom stereocenters. The molecule has 0 fully saturated rings. The van der Waals surface area contributed by atoms with E-state index in [0.717, 1.165) is 2.88 Å². The molecule has 0 aliphatic heterocycles. The zero-order valence-corrected chi connectivity index (χ0v) is 11.9. The summed E-state index contributed by atoms with van der Waals surface area (Å²) in [7, 11) is 0. The van der Waals surface area contributed by atoms with E-state index in [4.69, 9.17) is 5.11 Å². The molecule has 6 heteroatoms. The second-order valence-corrected chi connectivity index (χ2v) is 6.39. The number of aliphatic carboxylic acids is 1. The highest BCUT2D eigenvalue weighted by Crippen LogP contribution is 2.18. The number of nitrogens with one attached hydrogen (secondary N) is 1. The van der Waals surface area contributed by atoms with Crippen molar-refractivity contribution in [2.45, 2.75) is 25.8 Å². The highest BCUT2D eigenvalue weighted by atomic mass is 127. The molecule has 88 valence electrons. The third-order valence-electron chi connectivity index (χ3n) is 2.40. The molecule has 4 nitrogen and oxygen atoms in total. The van der Waals surface area contributed by atoms with Gasteiger partial charge in [-0.1, -0.05) is 6.92 Å². The summed E-state index contributed by atoms with van der Waals surface area (Å²) in [6.07, 6.45) is 0.343. The van der Waals surface area contributed by atoms with E-state index in [1.54, 1.807) is 18.4 Å². The Bertz CT molecular complexity index is 418. The predicted octanol–water partition coefficient (Wildman–Crippen LogP) is 2.34. The number of thiophene rings is 1. The third-order valence-corrected chi connectivity index (χ3v) is 4.19. The van der Waals surface area contributed by atoms with Crippen molar-refractivity contribution in [3.8, 4) is 0 Å². The van der Waals surface area contributed by atoms with E-state index in [2.05, 4.69) is 27.9 Å². The minimum Gasteiger partial charge on any atom is -0.480 e. The van der Waals surface area contributed by atoms with Gasteiger partial charge in [0.15, 0.2) is 0 Å². The van der Waals surface area contributed by atoms with Crippen molar-refractivity contribution in [3.63, 3.8) is 0 Å². The van der Waals surface area contributed by atoms with E-state index in [9.17, 15) is 9.59 Å². The summed E-state index contributed by atoms with van der Waals surface area (Å²) < 4.78 is 0.997. The Kier molecular flexibility index (Phi) is 4.31. The van der Waals surface area contributed by atoms with Crippen LogP contribution in [0, 0.1) is 2.88 Å². The molecule has 1 unspecified atom stereocenters. The number of carbonyl (C=O) groups is 2. The molecule has 0 saturated carbocycles. The molecule has 0 bridgehead atoms. The quantitative estimate of drug-likeness (QED) is 0.817. The van der Waals surface area contributed by atoms with Crippen LogP contribution in [-0.4, -0.2) is 22.5 Å². The molecular formula is C10H12INO3S. The maximum absolute atomic E-state index is 11.8. The zero-order chi connectivity index (χ0) is 12.3. The Hall–Kier alpha value is -0.630. The average molecular weight is 353 g/mol. The maximum Gasteiger partial charge on any atom is 0.329 e. The monoisotopic (exact) mass is 353 g/mol. The minimum absolute atomic E-state index is 0.342. The Balaban J connectivity index is 2.81. The molecule has 0 aliphatic rings. The summed E-state index contributed by atoms with van der Waals surface area (Å²) in [5.41, 5.74) is -0.694. The smallest absolute Gasteiger partial charge is 0.329 e. The van der Waals surface area contributed by atoms with Crippen LogP contribution in [-0.2, 0) is 4.79 Å². The van der Waals surface area contributed by atoms with Gasteiger partial charge < -0.3 is 10.4 Å². The lowest BCUT2D eigenvalue weighted by Gasteiger charge is -2.24. The van der Waals surface area contributed by atoms with E-state index in [-0.39, 0.29) is 5.91 Å². The second-order valence-electron chi connectivity index (χ2n) is 3.58. The van der Waals surface area contributed by atoms with Crippen LogP contribution in [0.15, 0.2) is 11.4 Å². The topological polar surface area (TPSA) is 66.4 Å². The van der Waals surface area contributed by atoms with Gasteiger partial charge in [-0.05, 0) is 42.0 Å². The summed E-state index contributed by atoms with van der Waals surface area (Å²) >= 11 is 3.57. The molecule has 0 saturated heterocycles. The van der Waals surface area contributed by atoms with Gasteiger partial charge in [-0.15, -0.1) is 11.3 Å². The van der Waals surface area contributed by atoms with E-state index in [1.165, 1.54) is 18.3 Å². The number of hydrogen-bond donors (Lipinski definition) is 2. The maximum atomic E-state index is 11.8. The Morgan fingerprint density at radius 2 is 2.25 bits per heavy atom. The molecule has 1 amide bonds. The number of amides is 1. The van der Waals surface area contributed by atoms with Gasteiger partial charge in [-0.2, -0.15) is 0 Å². The van der Waals surface area contributed by atoms with Crippen LogP contribution in [0.4, 0.5) is 0 Å². The predicted molar refractivity (Wildman–Crippen MR) is 70.8 cm³/mol. The largest absolute Gasteiger partial charge is 0.480 e. The summed E-state index contributed by atoms with van der Waals surface area (Å²) in [5, 5.41) is 13.3. The van der Waals surface area contributed by atoms with Crippen LogP contribution in [0.2, 0.25) is 0 Å². The molecule has 0 aromatic carbocycles. The number of halogens is 1. The zero-order valence-electron chi connectivity index (χ0n) is 8.91. The molecule has 16 heavy (non-hydrogen) atoms. The van der Waals surface area contributed by atoms with Gasteiger partial charge in [0.05, 0.1) is 8.45 Å². The molecule has 2 N–H and O–H groups in total. The first kappa shape index (κ1) is 13.4. The van der Waals surface area contributed by atoms with E-state index in [0.29, 0.717) is 12.0 Å². The van der Waals surface area contributed by atoms with Crippen molar-refractivity contribution in [3.05, 3.63) is 19.9 Å². The van der Waals surface area contributed by atoms with Gasteiger partial charge in [-0.3, -0.25) is 4.79 Å². The minimum atomic E-state index is -1.20. The van der Waals surface area contributed by atoms with Gasteiger partial charge in [0, 0.05) is 5.38 Å². The van der Waals surface area contributed by atoms with Crippen LogP contribution >= 0.6 is 33.9 Å². The van der Waals surface area contributed by atoms with Crippen molar-refractivity contribution in [1.82, 2.24) is 5.32 Å². The normalized spacial score (nSPS) is 14.2. The van der Waals surface area contributed by atoms with Crippen molar-refractivity contribution < 1.29 is 14.7 Å². The van der Waals surface area contributed by atoms with E-state index >= 15 is 0 Å². The van der Waals surface area contributed by atoms with Crippen LogP contribution in [0.1, 0.15) is 30.6 Å². The first-order chi connectivity index (χ1) is 7.39. The summed E-state index contributed by atoms with van der Waals surface area (Å²) in [6.45, 7) is 3.23. The van der Waals surface area contributed by atoms with E-state index < -0.39 is 11.5 Å². The lowest BCUT2D eigenvalue weighted by atomic mass is 9.99. The molecule has 0 spiro atoms. The van der Waals surface area contributed by atoms with Gasteiger partial charge in [0.1, 0.15) is 5.54 Å². The molecule has 1 aromatic heterocycles. The van der Waals surface area contributed by atoms with Crippen molar-refractivity contribution in [2.24, 2.45) is 0 Å². The van der Waals surface area contributed by atoms with E-state index in [1.807, 2.05) is 0 Å². The number of carboxylic acid groups (broad SMARTS) is 1. The Morgan fingerprint density at radius 3 is 2.62 bits per heavy atom. The standard InChI is InChI=1S/C10H12INO3S/c1-3-10(2,9(14)15)12-8(13)6-4-7(11)16-5-6/h4-5H,3H2,1-2H3,(H,12,13)(H,14,15). The van der Waals surface area contributed by atoms with Gasteiger partial charge >= 0.3 is 5.97 Å². The fourth-order valence-corrected chi connectivity index (χ4v) is 2.37. The molecule has 0 aliphatic carbocycles. The number of carbonyl (C=O) groups excluding carboxylic acids is 1. The van der Waals surface area contributed by atoms with Crippen molar-refractivity contribution >= 4 is 45.8 Å². The number of hydrogen-bond acceptors (Lipinski definition) is 3. The average Bonchev–Trinajstić information content (AvgIpc) is 2.64. The van der Waals surface area contributed by atoms with Crippen molar-refractivity contribution in [1.29, 1.82) is 0 Å². The van der Waals surface area contributed by atoms with Crippen molar-refractivity contribution in [2.75, 3.05) is 0 Å². The third kappa shape index (κ3) is 2.94. The summed E-state index contributed by atoms with van der Waals surface area (Å²) in [5.74, 6) is -1.36. The fourth-order valence-electron chi connectivity index (χ4n) is 1.04. The lowest BCUT2D eigenvalue weighted by molar-refractivity contribution is -0.143. The first-order valence-corrected chi connectivity index (χ1v) is 6.65. The molecule has 1 heterocycles. The van der Waals surface area contributed by atoms with Gasteiger partial charge in [0.2, 0.25) is 0 Å². The van der Waals surface area contributed by atoms with Crippen LogP contribution in [0.25, 0.3) is 0 Å². The highest BCUT2D eigenvalue weighted by Gasteiger charge is 2.33. The number of carboxylic acids is 1. The summed E-state index contributed by atoms with van der Waals surface area (Å²) in [4.78, 5) is 22.8. The lowest BCUT2D eigenvalue weighted by Crippen LogP contribution is -2.51. The molecule has 1 aromatic rings. The van der Waals surface area contributed by atoms with Crippen LogP contribution in [0.5, 0.6) is 0 Å². The molecular weight excluding hydrogens is 341 g/mol. The number of rotatable bonds is 4. The van der Waals surface area contributed by atoms with Gasteiger partial charge in [0.25, 0.3) is 5.91 Å². The SMILES string of the molecule is CCC(C)(NC(=O)c1csc(I)c1)C(=O)O. The summed E-state index contributed by atoms with van der Waals surface area (Å²) in [6, 6.07) is 1.73. The van der Waals surface area contributed by atoms with Crippen LogP contribution in [0.3, 0.4) is 0 Å². The second kappa shape index (κ2) is 5.13. The fraction of sp³-hybridized carbons (Fsp3) is 0.400. The Morgan fingerprint density at radius 1 is 1.62 bits per heavy atom. The molecule has 1 rings (SSSR count). The molecule has 0 radical (unpaired) electrons. The highest BCUT2D eigenvalue weighted by molar-refractivity contribution is 14.1.